The Morgan fingerprint density at radius 3 is 2.76 bits per heavy atom. The largest absolute Gasteiger partial charge is 0.496 e. The van der Waals surface area contributed by atoms with E-state index < -0.39 is 0 Å². The maximum Gasteiger partial charge on any atom is 0.124 e. The third kappa shape index (κ3) is 6.06. The van der Waals surface area contributed by atoms with Crippen LogP contribution in [0, 0.1) is 0 Å². The molecule has 0 heterocycles. The standard InChI is InChI=1S/C18H29NO2/c1-3-4-5-6-11-21-14-16-12-15(7-10-18(16)20-2)13-19-17-8-9-17/h7,10,12,17,19H,3-6,8-9,11,13-14H2,1-2H3. The van der Waals surface area contributed by atoms with Crippen molar-refractivity contribution in [1.82, 2.24) is 5.32 Å². The number of benzene rings is 1. The maximum atomic E-state index is 5.80. The zero-order valence-corrected chi connectivity index (χ0v) is 13.5. The molecule has 1 aliphatic rings. The first kappa shape index (κ1) is 16.3. The zero-order valence-electron chi connectivity index (χ0n) is 13.5. The van der Waals surface area contributed by atoms with Gasteiger partial charge in [0.25, 0.3) is 0 Å². The van der Waals surface area contributed by atoms with E-state index in [4.69, 9.17) is 9.47 Å². The lowest BCUT2D eigenvalue weighted by Gasteiger charge is -2.12. The van der Waals surface area contributed by atoms with Crippen molar-refractivity contribution in [3.63, 3.8) is 0 Å². The van der Waals surface area contributed by atoms with E-state index in [2.05, 4.69) is 30.4 Å². The van der Waals surface area contributed by atoms with Crippen LogP contribution >= 0.6 is 0 Å². The number of hydrogen-bond acceptors (Lipinski definition) is 3. The molecule has 0 amide bonds. The van der Waals surface area contributed by atoms with Gasteiger partial charge < -0.3 is 14.8 Å². The summed E-state index contributed by atoms with van der Waals surface area (Å²) in [6, 6.07) is 7.14. The highest BCUT2D eigenvalue weighted by Gasteiger charge is 2.20. The third-order valence-electron chi connectivity index (χ3n) is 3.92. The van der Waals surface area contributed by atoms with Crippen LogP contribution in [0.25, 0.3) is 0 Å². The molecule has 0 aromatic heterocycles. The Bertz CT molecular complexity index is 416. The van der Waals surface area contributed by atoms with E-state index in [-0.39, 0.29) is 0 Å². The van der Waals surface area contributed by atoms with E-state index in [1.54, 1.807) is 7.11 Å². The van der Waals surface area contributed by atoms with Gasteiger partial charge in [-0.1, -0.05) is 32.3 Å². The molecule has 2 rings (SSSR count). The monoisotopic (exact) mass is 291 g/mol. The molecule has 0 atom stereocenters. The van der Waals surface area contributed by atoms with E-state index in [1.807, 2.05) is 0 Å². The van der Waals surface area contributed by atoms with Gasteiger partial charge in [0.15, 0.2) is 0 Å². The third-order valence-corrected chi connectivity index (χ3v) is 3.92. The fourth-order valence-corrected chi connectivity index (χ4v) is 2.42. The van der Waals surface area contributed by atoms with Crippen LogP contribution in [-0.2, 0) is 17.9 Å². The Balaban J connectivity index is 1.78. The molecule has 118 valence electrons. The summed E-state index contributed by atoms with van der Waals surface area (Å²) < 4.78 is 11.2. The Labute approximate surface area is 129 Å². The number of unbranched alkanes of at least 4 members (excludes halogenated alkanes) is 3. The van der Waals surface area contributed by atoms with Crippen molar-refractivity contribution in [3.8, 4) is 5.75 Å². The highest BCUT2D eigenvalue weighted by Crippen LogP contribution is 2.23. The number of nitrogens with one attached hydrogen (secondary N) is 1. The van der Waals surface area contributed by atoms with Crippen LogP contribution in [0.15, 0.2) is 18.2 Å². The average molecular weight is 291 g/mol. The minimum absolute atomic E-state index is 0.645. The molecule has 0 saturated heterocycles. The Kier molecular flexibility index (Phi) is 7.04. The maximum absolute atomic E-state index is 5.80. The van der Waals surface area contributed by atoms with Gasteiger partial charge in [0.05, 0.1) is 13.7 Å². The number of hydrogen-bond donors (Lipinski definition) is 1. The Hall–Kier alpha value is -1.06. The van der Waals surface area contributed by atoms with Gasteiger partial charge in [-0.2, -0.15) is 0 Å². The van der Waals surface area contributed by atoms with Crippen LogP contribution in [0.2, 0.25) is 0 Å². The van der Waals surface area contributed by atoms with E-state index in [1.165, 1.54) is 37.7 Å². The molecule has 1 N–H and O–H groups in total. The van der Waals surface area contributed by atoms with Crippen molar-refractivity contribution < 1.29 is 9.47 Å². The minimum atomic E-state index is 0.645. The van der Waals surface area contributed by atoms with Gasteiger partial charge in [-0.3, -0.25) is 0 Å². The lowest BCUT2D eigenvalue weighted by Crippen LogP contribution is -2.15. The molecular weight excluding hydrogens is 262 g/mol. The number of rotatable bonds is 11. The zero-order chi connectivity index (χ0) is 14.9. The van der Waals surface area contributed by atoms with Gasteiger partial charge in [-0.15, -0.1) is 0 Å². The first-order valence-corrected chi connectivity index (χ1v) is 8.30. The fourth-order valence-electron chi connectivity index (χ4n) is 2.42. The second-order valence-electron chi connectivity index (χ2n) is 5.91. The van der Waals surface area contributed by atoms with Crippen molar-refractivity contribution >= 4 is 0 Å². The average Bonchev–Trinajstić information content (AvgIpc) is 3.33. The molecule has 0 aliphatic heterocycles. The molecule has 0 unspecified atom stereocenters. The van der Waals surface area contributed by atoms with Crippen LogP contribution < -0.4 is 10.1 Å². The molecule has 3 heteroatoms. The van der Waals surface area contributed by atoms with E-state index in [0.717, 1.165) is 36.9 Å². The molecular formula is C18H29NO2. The second-order valence-corrected chi connectivity index (χ2v) is 5.91. The predicted molar refractivity (Wildman–Crippen MR) is 86.7 cm³/mol. The van der Waals surface area contributed by atoms with Gasteiger partial charge in [0, 0.05) is 24.8 Å². The molecule has 3 nitrogen and oxygen atoms in total. The summed E-state index contributed by atoms with van der Waals surface area (Å²) >= 11 is 0. The summed E-state index contributed by atoms with van der Waals surface area (Å²) in [4.78, 5) is 0. The van der Waals surface area contributed by atoms with E-state index >= 15 is 0 Å². The van der Waals surface area contributed by atoms with Gasteiger partial charge in [-0.05, 0) is 37.0 Å². The van der Waals surface area contributed by atoms with Gasteiger partial charge in [0.1, 0.15) is 5.75 Å². The molecule has 0 bridgehead atoms. The molecule has 0 radical (unpaired) electrons. The molecule has 0 spiro atoms. The quantitative estimate of drug-likeness (QED) is 0.624. The fraction of sp³-hybridized carbons (Fsp3) is 0.667. The smallest absolute Gasteiger partial charge is 0.124 e. The summed E-state index contributed by atoms with van der Waals surface area (Å²) in [5.74, 6) is 0.929. The van der Waals surface area contributed by atoms with Crippen molar-refractivity contribution in [2.24, 2.45) is 0 Å². The van der Waals surface area contributed by atoms with Crippen LogP contribution in [-0.4, -0.2) is 19.8 Å². The summed E-state index contributed by atoms with van der Waals surface area (Å²) in [6.45, 7) is 4.66. The highest BCUT2D eigenvalue weighted by atomic mass is 16.5. The first-order chi connectivity index (χ1) is 10.3. The predicted octanol–water partition coefficient (Wildman–Crippen LogP) is 4.04. The normalized spacial score (nSPS) is 14.4. The molecule has 1 fully saturated rings. The molecule has 1 saturated carbocycles. The second kappa shape index (κ2) is 9.06. The SMILES string of the molecule is CCCCCCOCc1cc(CNC2CC2)ccc1OC. The summed E-state index contributed by atoms with van der Waals surface area (Å²) in [7, 11) is 1.72. The van der Waals surface area contributed by atoms with Crippen LogP contribution in [0.1, 0.15) is 56.6 Å². The van der Waals surface area contributed by atoms with Crippen molar-refractivity contribution in [2.45, 2.75) is 64.6 Å². The van der Waals surface area contributed by atoms with Gasteiger partial charge >= 0.3 is 0 Å². The van der Waals surface area contributed by atoms with Gasteiger partial charge in [0.2, 0.25) is 0 Å². The van der Waals surface area contributed by atoms with Crippen molar-refractivity contribution in [3.05, 3.63) is 29.3 Å². The van der Waals surface area contributed by atoms with Crippen molar-refractivity contribution in [2.75, 3.05) is 13.7 Å². The number of ether oxygens (including phenoxy) is 2. The lowest BCUT2D eigenvalue weighted by atomic mass is 10.1. The first-order valence-electron chi connectivity index (χ1n) is 8.30. The van der Waals surface area contributed by atoms with Crippen molar-refractivity contribution in [1.29, 1.82) is 0 Å². The van der Waals surface area contributed by atoms with Crippen LogP contribution in [0.4, 0.5) is 0 Å². The van der Waals surface area contributed by atoms with Gasteiger partial charge in [-0.25, -0.2) is 0 Å². The topological polar surface area (TPSA) is 30.5 Å². The molecule has 1 aromatic rings. The van der Waals surface area contributed by atoms with E-state index in [9.17, 15) is 0 Å². The summed E-state index contributed by atoms with van der Waals surface area (Å²) in [5.41, 5.74) is 2.47. The van der Waals surface area contributed by atoms with Crippen LogP contribution in [0.3, 0.4) is 0 Å². The summed E-state index contributed by atoms with van der Waals surface area (Å²) in [6.07, 6.45) is 7.63. The molecule has 21 heavy (non-hydrogen) atoms. The van der Waals surface area contributed by atoms with Crippen LogP contribution in [0.5, 0.6) is 5.75 Å². The molecule has 1 aliphatic carbocycles. The number of methoxy groups -OCH3 is 1. The molecule has 1 aromatic carbocycles. The Morgan fingerprint density at radius 2 is 2.05 bits per heavy atom. The summed E-state index contributed by atoms with van der Waals surface area (Å²) in [5, 5.41) is 3.55. The minimum Gasteiger partial charge on any atom is -0.496 e. The highest BCUT2D eigenvalue weighted by molar-refractivity contribution is 5.37. The van der Waals surface area contributed by atoms with E-state index in [0.29, 0.717) is 6.61 Å². The lowest BCUT2D eigenvalue weighted by molar-refractivity contribution is 0.115. The Morgan fingerprint density at radius 1 is 1.19 bits per heavy atom.